The summed E-state index contributed by atoms with van der Waals surface area (Å²) in [6, 6.07) is 19.7. The van der Waals surface area contributed by atoms with Crippen molar-refractivity contribution in [1.29, 1.82) is 0 Å². The van der Waals surface area contributed by atoms with E-state index in [1.54, 1.807) is 0 Å². The number of rotatable bonds is 24. The zero-order valence-electron chi connectivity index (χ0n) is 41.1. The third kappa shape index (κ3) is 12.2. The van der Waals surface area contributed by atoms with Crippen LogP contribution in [0.15, 0.2) is 123 Å². The Morgan fingerprint density at radius 1 is 0.269 bits per heavy atom. The number of hydrogen-bond donors (Lipinski definition) is 6. The molecule has 6 aromatic rings. The number of aromatic carboxylic acids is 6. The van der Waals surface area contributed by atoms with Crippen molar-refractivity contribution in [1.82, 2.24) is 0 Å². The van der Waals surface area contributed by atoms with Crippen LogP contribution in [0.1, 0.15) is 62.1 Å². The average molecular weight is 1140 g/mol. The van der Waals surface area contributed by atoms with E-state index in [0.29, 0.717) is 0 Å². The van der Waals surface area contributed by atoms with E-state index in [1.807, 2.05) is 0 Å². The lowest BCUT2D eigenvalue weighted by Crippen LogP contribution is -2.13. The van der Waals surface area contributed by atoms with Gasteiger partial charge in [-0.05, 0) is 109 Å². The van der Waals surface area contributed by atoms with Crippen molar-refractivity contribution in [2.24, 2.45) is 13.5 Å². The summed E-state index contributed by atoms with van der Waals surface area (Å²) in [7, 11) is -8.70. The summed E-state index contributed by atoms with van der Waals surface area (Å²) in [6.45, 7) is 0. The van der Waals surface area contributed by atoms with Crippen LogP contribution in [0, 0.1) is 0 Å². The molecule has 6 N–H and O–H groups in total. The molecular weight excluding hydrogens is 1100 g/mol. The predicted octanol–water partition coefficient (Wildman–Crippen LogP) is 10.6. The number of carboxylic acid groups (broad SMARTS) is 6. The van der Waals surface area contributed by atoms with Gasteiger partial charge < -0.3 is 86.2 Å². The predicted molar refractivity (Wildman–Crippen MR) is 272 cm³/mol. The van der Waals surface area contributed by atoms with Crippen molar-refractivity contribution in [3.63, 3.8) is 0 Å². The molecule has 0 atom stereocenters. The van der Waals surface area contributed by atoms with Gasteiger partial charge in [-0.15, -0.1) is 0 Å². The minimum atomic E-state index is -5.22. The Hall–Kier alpha value is -9.57. The molecule has 7 rings (SSSR count). The lowest BCUT2D eigenvalue weighted by molar-refractivity contribution is 0.0685. The van der Waals surface area contributed by atoms with Gasteiger partial charge >= 0.3 is 58.8 Å². The third-order valence-corrected chi connectivity index (χ3v) is 18.5. The fourth-order valence-corrected chi connectivity index (χ4v) is 15.9. The molecule has 0 saturated heterocycles. The van der Waals surface area contributed by atoms with Crippen molar-refractivity contribution in [3.05, 3.63) is 143 Å². The Bertz CT molecular complexity index is 3000. The molecule has 6 aromatic carbocycles. The zero-order valence-corrected chi connectivity index (χ0v) is 43.8. The summed E-state index contributed by atoms with van der Waals surface area (Å²) in [5, 5.41) is 60.0. The van der Waals surface area contributed by atoms with Gasteiger partial charge in [-0.3, -0.25) is 0 Å². The van der Waals surface area contributed by atoms with E-state index in [0.717, 1.165) is 152 Å². The minimum Gasteiger partial charge on any atom is -0.493 e. The van der Waals surface area contributed by atoms with Gasteiger partial charge in [-0.25, -0.2) is 28.8 Å². The lowest BCUT2D eigenvalue weighted by atomic mass is 10.2. The molecule has 0 unspecified atom stereocenters. The molecule has 1 aliphatic heterocycles. The van der Waals surface area contributed by atoms with E-state index >= 15 is 0 Å². The van der Waals surface area contributed by atoms with Crippen LogP contribution in [0.25, 0.3) is 0 Å². The number of ether oxygens (including phenoxy) is 6. The maximum Gasteiger partial charge on any atom is 0.461 e. The monoisotopic (exact) mass is 1140 g/mol. The van der Waals surface area contributed by atoms with Gasteiger partial charge in [0, 0.05) is 0 Å². The van der Waals surface area contributed by atoms with Gasteiger partial charge in [0.15, 0.2) is 69.0 Å². The second-order valence-corrected chi connectivity index (χ2v) is 21.5. The van der Waals surface area contributed by atoms with E-state index in [4.69, 9.17) is 69.1 Å². The minimum absolute atomic E-state index is 0.302. The maximum absolute atomic E-state index is 12.3. The number of benzene rings is 6. The highest BCUT2D eigenvalue weighted by Gasteiger charge is 2.51. The summed E-state index contributed by atoms with van der Waals surface area (Å²) in [5.41, 5.74) is -1.86. The highest BCUT2D eigenvalue weighted by Crippen LogP contribution is 2.80. The number of methoxy groups -OCH3 is 6. The third-order valence-electron chi connectivity index (χ3n) is 10.4. The molecular formula is C48H42N3O24P3. The molecule has 30 heteroatoms. The molecule has 27 nitrogen and oxygen atoms in total. The Kier molecular flexibility index (Phi) is 16.7. The Morgan fingerprint density at radius 3 is 0.526 bits per heavy atom. The van der Waals surface area contributed by atoms with Crippen LogP contribution >= 0.6 is 23.0 Å². The number of hydrogen-bond acceptors (Lipinski definition) is 21. The summed E-state index contributed by atoms with van der Waals surface area (Å²) in [5.74, 6) is -12.5. The van der Waals surface area contributed by atoms with Crippen molar-refractivity contribution < 1.29 is 115 Å². The van der Waals surface area contributed by atoms with Crippen molar-refractivity contribution in [2.75, 3.05) is 42.7 Å². The zero-order chi connectivity index (χ0) is 56.7. The van der Waals surface area contributed by atoms with Crippen LogP contribution in [0.3, 0.4) is 0 Å². The van der Waals surface area contributed by atoms with E-state index < -0.39 is 58.8 Å². The van der Waals surface area contributed by atoms with Crippen molar-refractivity contribution >= 4 is 58.8 Å². The van der Waals surface area contributed by atoms with E-state index in [9.17, 15) is 59.4 Å². The van der Waals surface area contributed by atoms with Gasteiger partial charge in [-0.2, -0.15) is 0 Å². The quantitative estimate of drug-likeness (QED) is 0.0307. The first-order chi connectivity index (χ1) is 37.1. The molecule has 0 amide bonds. The van der Waals surface area contributed by atoms with Gasteiger partial charge in [0.05, 0.1) is 76.0 Å². The van der Waals surface area contributed by atoms with E-state index in [1.165, 1.54) is 0 Å². The molecule has 0 radical (unpaired) electrons. The molecule has 78 heavy (non-hydrogen) atoms. The summed E-state index contributed by atoms with van der Waals surface area (Å²) >= 11 is 0. The molecule has 0 spiro atoms. The smallest absolute Gasteiger partial charge is 0.461 e. The fraction of sp³-hybridized carbons (Fsp3) is 0.125. The van der Waals surface area contributed by atoms with Crippen LogP contribution < -0.4 is 55.6 Å². The number of carbonyl (C=O) groups is 6. The highest BCUT2D eigenvalue weighted by molar-refractivity contribution is 7.79. The highest BCUT2D eigenvalue weighted by atomic mass is 31.3. The molecule has 1 aliphatic rings. The molecule has 1 heterocycles. The lowest BCUT2D eigenvalue weighted by Gasteiger charge is -2.34. The van der Waals surface area contributed by atoms with Gasteiger partial charge in [-0.1, -0.05) is 13.5 Å². The van der Waals surface area contributed by atoms with Gasteiger partial charge in [0.1, 0.15) is 0 Å². The second-order valence-electron chi connectivity index (χ2n) is 15.3. The SMILES string of the molecule is COc1cc(C(=O)O)ccc1OP1(Oc2ccc(C(=O)O)cc2OC)=NP(Oc2ccc(C(=O)O)cc2OC)(Oc2ccc(C(=O)O)cc2OC)=NP(Oc2ccc(C(=O)O)cc2OC)(Oc2ccc(C(=O)O)cc2OC)=N1. The molecule has 408 valence electrons. The van der Waals surface area contributed by atoms with Crippen LogP contribution in [0.4, 0.5) is 0 Å². The van der Waals surface area contributed by atoms with Crippen LogP contribution in [-0.2, 0) is 0 Å². The van der Waals surface area contributed by atoms with E-state index in [-0.39, 0.29) is 102 Å². The number of carboxylic acids is 6. The summed E-state index contributed by atoms with van der Waals surface area (Å²) in [6.07, 6.45) is 0. The normalized spacial score (nSPS) is 13.5. The van der Waals surface area contributed by atoms with Gasteiger partial charge in [0.25, 0.3) is 0 Å². The van der Waals surface area contributed by atoms with Crippen LogP contribution in [0.2, 0.25) is 0 Å². The standard InChI is InChI=1S/C48H42N3O24P3/c1-64-37-19-25(43(52)53)7-13-31(37)70-76(71-32-14-8-26(44(54)55)20-38(32)65-2)49-77(72-33-15-9-27(45(56)57)21-39(33)66-3,73-34-16-10-28(46(58)59)22-40(34)67-4)51-78(50-76,74-35-17-11-29(47(60)61)23-41(35)68-5)75-36-18-12-30(48(62)63)24-42(36)69-6/h7-24H,1-6H3,(H,52,53)(H,54,55)(H,56,57)(H,58,59)(H,60,61)(H,62,63). The van der Waals surface area contributed by atoms with Crippen molar-refractivity contribution in [3.8, 4) is 69.0 Å². The fourth-order valence-electron chi connectivity index (χ4n) is 6.78. The van der Waals surface area contributed by atoms with Crippen molar-refractivity contribution in [2.45, 2.75) is 0 Å². The van der Waals surface area contributed by atoms with Gasteiger partial charge in [0.2, 0.25) is 0 Å². The molecule has 0 aliphatic carbocycles. The molecule has 0 bridgehead atoms. The molecule has 0 aromatic heterocycles. The first-order valence-electron chi connectivity index (χ1n) is 21.7. The molecule has 0 fully saturated rings. The van der Waals surface area contributed by atoms with E-state index in [2.05, 4.69) is 0 Å². The number of nitrogens with zero attached hydrogens (tertiary/aromatic N) is 3. The Balaban J connectivity index is 1.75. The maximum atomic E-state index is 12.3. The Labute approximate surface area is 440 Å². The molecule has 0 saturated carbocycles. The second kappa shape index (κ2) is 23.1. The average Bonchev–Trinajstić information content (AvgIpc) is 3.61. The topological polar surface area (TPSA) is 372 Å². The summed E-state index contributed by atoms with van der Waals surface area (Å²) < 4.78 is 89.1. The van der Waals surface area contributed by atoms with Crippen LogP contribution in [0.5, 0.6) is 69.0 Å². The first kappa shape index (κ1) is 56.2. The summed E-state index contributed by atoms with van der Waals surface area (Å²) in [4.78, 5) is 73.7. The Morgan fingerprint density at radius 2 is 0.410 bits per heavy atom. The van der Waals surface area contributed by atoms with Crippen LogP contribution in [-0.4, -0.2) is 109 Å². The first-order valence-corrected chi connectivity index (χ1v) is 26.3. The largest absolute Gasteiger partial charge is 0.493 e.